The maximum absolute atomic E-state index is 2.48. The lowest BCUT2D eigenvalue weighted by molar-refractivity contribution is 0.792. The normalized spacial score (nSPS) is 14.3. The van der Waals surface area contributed by atoms with Crippen LogP contribution in [-0.2, 0) is 5.41 Å². The summed E-state index contributed by atoms with van der Waals surface area (Å²) in [6.07, 6.45) is 0. The van der Waals surface area contributed by atoms with E-state index in [0.717, 1.165) is 34.1 Å². The average Bonchev–Trinajstić information content (AvgIpc) is 3.57. The lowest BCUT2D eigenvalue weighted by Gasteiger charge is -2.40. The van der Waals surface area contributed by atoms with Crippen molar-refractivity contribution >= 4 is 34.1 Å². The Morgan fingerprint density at radius 1 is 0.348 bits per heavy atom. The maximum atomic E-state index is 2.48. The largest absolute Gasteiger partial charge is 0.306 e. The average molecular weight is 587 g/mol. The fraction of sp³-hybridized carbons (Fsp3) is 0.0455. The molecule has 0 N–H and O–H groups in total. The molecule has 46 heavy (non-hydrogen) atoms. The van der Waals surface area contributed by atoms with E-state index in [4.69, 9.17) is 0 Å². The quantitative estimate of drug-likeness (QED) is 0.199. The fourth-order valence-corrected chi connectivity index (χ4v) is 8.46. The minimum atomic E-state index is -0.384. The molecule has 7 aromatic rings. The molecule has 7 aromatic carbocycles. The van der Waals surface area contributed by atoms with Crippen LogP contribution in [0.2, 0.25) is 0 Å². The first kappa shape index (κ1) is 25.5. The van der Waals surface area contributed by atoms with E-state index in [1.54, 1.807) is 0 Å². The molecule has 1 aliphatic heterocycles. The molecule has 10 rings (SSSR count). The molecule has 0 atom stereocenters. The highest BCUT2D eigenvalue weighted by molar-refractivity contribution is 6.03. The zero-order valence-corrected chi connectivity index (χ0v) is 25.5. The fourth-order valence-electron chi connectivity index (χ4n) is 8.46. The van der Waals surface area contributed by atoms with Crippen molar-refractivity contribution in [3.05, 3.63) is 192 Å². The smallest absolute Gasteiger partial charge is 0.0726 e. The van der Waals surface area contributed by atoms with Gasteiger partial charge in [-0.3, -0.25) is 0 Å². The standard InChI is InChI=1S/C44H30N2/c1-29-23-25-34-35-26-24-31(28-39(35)44(38(34)27-29)36-17-7-5-15-32(36)33-16-6-8-18-37(33)44)46-42-21-11-9-19-40(42)45(30-13-3-2-4-14-30)41-20-10-12-22-43(41)46/h2-28H,1H3. The lowest BCUT2D eigenvalue weighted by Crippen LogP contribution is -2.27. The molecule has 0 radical (unpaired) electrons. The molecule has 1 heterocycles. The van der Waals surface area contributed by atoms with Crippen molar-refractivity contribution in [1.82, 2.24) is 0 Å². The summed E-state index contributed by atoms with van der Waals surface area (Å²) in [5, 5.41) is 0. The van der Waals surface area contributed by atoms with Crippen molar-refractivity contribution in [3.8, 4) is 22.3 Å². The van der Waals surface area contributed by atoms with Gasteiger partial charge in [0, 0.05) is 11.4 Å². The van der Waals surface area contributed by atoms with E-state index in [2.05, 4.69) is 181 Å². The molecule has 2 nitrogen and oxygen atoms in total. The molecule has 2 aliphatic carbocycles. The summed E-state index contributed by atoms with van der Waals surface area (Å²) >= 11 is 0. The molecule has 0 saturated heterocycles. The summed E-state index contributed by atoms with van der Waals surface area (Å²) in [5.41, 5.74) is 18.6. The zero-order chi connectivity index (χ0) is 30.4. The van der Waals surface area contributed by atoms with Crippen molar-refractivity contribution in [1.29, 1.82) is 0 Å². The van der Waals surface area contributed by atoms with Crippen LogP contribution in [0.4, 0.5) is 34.1 Å². The van der Waals surface area contributed by atoms with Gasteiger partial charge in [-0.25, -0.2) is 0 Å². The molecule has 3 aliphatic rings. The molecule has 0 amide bonds. The first-order valence-electron chi connectivity index (χ1n) is 16.0. The Kier molecular flexibility index (Phi) is 5.16. The number of hydrogen-bond donors (Lipinski definition) is 0. The summed E-state index contributed by atoms with van der Waals surface area (Å²) in [4.78, 5) is 4.84. The Hall–Kier alpha value is -5.86. The van der Waals surface area contributed by atoms with Crippen LogP contribution in [0, 0.1) is 6.92 Å². The monoisotopic (exact) mass is 586 g/mol. The zero-order valence-electron chi connectivity index (χ0n) is 25.5. The van der Waals surface area contributed by atoms with Crippen LogP contribution in [0.1, 0.15) is 27.8 Å². The molecular formula is C44H30N2. The second kappa shape index (κ2) is 9.32. The maximum Gasteiger partial charge on any atom is 0.0726 e. The van der Waals surface area contributed by atoms with Crippen LogP contribution in [-0.4, -0.2) is 0 Å². The number of aryl methyl sites for hydroxylation is 1. The van der Waals surface area contributed by atoms with E-state index >= 15 is 0 Å². The summed E-state index contributed by atoms with van der Waals surface area (Å²) in [5.74, 6) is 0. The Bertz CT molecular complexity index is 2260. The number of benzene rings is 7. The van der Waals surface area contributed by atoms with Crippen molar-refractivity contribution in [2.24, 2.45) is 0 Å². The van der Waals surface area contributed by atoms with Crippen LogP contribution < -0.4 is 9.80 Å². The number of para-hydroxylation sites is 5. The molecule has 1 spiro atoms. The summed E-state index contributed by atoms with van der Waals surface area (Å²) < 4.78 is 0. The van der Waals surface area contributed by atoms with Crippen LogP contribution in [0.5, 0.6) is 0 Å². The van der Waals surface area contributed by atoms with Gasteiger partial charge in [-0.2, -0.15) is 0 Å². The molecule has 0 unspecified atom stereocenters. The van der Waals surface area contributed by atoms with E-state index in [1.807, 2.05) is 0 Å². The minimum absolute atomic E-state index is 0.384. The third kappa shape index (κ3) is 3.20. The van der Waals surface area contributed by atoms with Crippen LogP contribution in [0.15, 0.2) is 164 Å². The van der Waals surface area contributed by atoms with Crippen molar-refractivity contribution in [2.45, 2.75) is 12.3 Å². The molecule has 2 heteroatoms. The minimum Gasteiger partial charge on any atom is -0.306 e. The van der Waals surface area contributed by atoms with E-state index < -0.39 is 0 Å². The van der Waals surface area contributed by atoms with Gasteiger partial charge in [0.25, 0.3) is 0 Å². The van der Waals surface area contributed by atoms with E-state index in [1.165, 1.54) is 50.1 Å². The Morgan fingerprint density at radius 2 is 0.783 bits per heavy atom. The van der Waals surface area contributed by atoms with Crippen molar-refractivity contribution in [2.75, 3.05) is 9.80 Å². The van der Waals surface area contributed by atoms with E-state index in [9.17, 15) is 0 Å². The van der Waals surface area contributed by atoms with Gasteiger partial charge < -0.3 is 9.80 Å². The van der Waals surface area contributed by atoms with Crippen molar-refractivity contribution < 1.29 is 0 Å². The molecule has 0 saturated carbocycles. The van der Waals surface area contributed by atoms with Gasteiger partial charge in [0.15, 0.2) is 0 Å². The number of fused-ring (bicyclic) bond motifs is 12. The van der Waals surface area contributed by atoms with Crippen LogP contribution >= 0.6 is 0 Å². The SMILES string of the molecule is Cc1ccc2c(c1)C1(c3ccccc3-c3ccccc31)c1cc(N3c4ccccc4N(c4ccccc4)c4ccccc43)ccc1-2. The number of nitrogens with zero attached hydrogens (tertiary/aromatic N) is 2. The third-order valence-electron chi connectivity index (χ3n) is 10.2. The van der Waals surface area contributed by atoms with Gasteiger partial charge >= 0.3 is 0 Å². The Balaban J connectivity index is 1.26. The first-order chi connectivity index (χ1) is 22.7. The van der Waals surface area contributed by atoms with E-state index in [-0.39, 0.29) is 5.41 Å². The van der Waals surface area contributed by atoms with Gasteiger partial charge in [-0.1, -0.05) is 121 Å². The molecular weight excluding hydrogens is 556 g/mol. The number of hydrogen-bond acceptors (Lipinski definition) is 2. The van der Waals surface area contributed by atoms with E-state index in [0.29, 0.717) is 0 Å². The summed E-state index contributed by atoms with van der Waals surface area (Å²) in [6, 6.07) is 60.5. The number of rotatable bonds is 2. The Labute approximate surface area is 269 Å². The van der Waals surface area contributed by atoms with Gasteiger partial charge in [-0.05, 0) is 100.0 Å². The van der Waals surface area contributed by atoms with Crippen LogP contribution in [0.3, 0.4) is 0 Å². The highest BCUT2D eigenvalue weighted by atomic mass is 15.3. The van der Waals surface area contributed by atoms with Gasteiger partial charge in [0.05, 0.1) is 28.2 Å². The topological polar surface area (TPSA) is 6.48 Å². The lowest BCUT2D eigenvalue weighted by atomic mass is 9.70. The van der Waals surface area contributed by atoms with Crippen molar-refractivity contribution in [3.63, 3.8) is 0 Å². The highest BCUT2D eigenvalue weighted by Crippen LogP contribution is 2.64. The molecule has 216 valence electrons. The molecule has 0 bridgehead atoms. The van der Waals surface area contributed by atoms with Gasteiger partial charge in [0.1, 0.15) is 0 Å². The number of anilines is 6. The summed E-state index contributed by atoms with van der Waals surface area (Å²) in [7, 11) is 0. The second-order valence-electron chi connectivity index (χ2n) is 12.6. The van der Waals surface area contributed by atoms with Gasteiger partial charge in [-0.15, -0.1) is 0 Å². The predicted octanol–water partition coefficient (Wildman–Crippen LogP) is 11.6. The summed E-state index contributed by atoms with van der Waals surface area (Å²) in [6.45, 7) is 2.22. The highest BCUT2D eigenvalue weighted by Gasteiger charge is 2.51. The second-order valence-corrected chi connectivity index (χ2v) is 12.6. The third-order valence-corrected chi connectivity index (χ3v) is 10.2. The Morgan fingerprint density at radius 3 is 1.37 bits per heavy atom. The molecule has 0 fully saturated rings. The van der Waals surface area contributed by atoms with Crippen LogP contribution in [0.25, 0.3) is 22.3 Å². The first-order valence-corrected chi connectivity index (χ1v) is 16.0. The molecule has 0 aromatic heterocycles. The van der Waals surface area contributed by atoms with Gasteiger partial charge in [0.2, 0.25) is 0 Å². The predicted molar refractivity (Wildman–Crippen MR) is 190 cm³/mol.